The molecular formula is C14H27N2O3. The van der Waals surface area contributed by atoms with E-state index in [0.717, 1.165) is 5.06 Å². The molecule has 111 valence electrons. The highest BCUT2D eigenvalue weighted by atomic mass is 16.5. The second-order valence-electron chi connectivity index (χ2n) is 7.49. The monoisotopic (exact) mass is 271 g/mol. The Hall–Kier alpha value is -0.650. The number of hydrogen-bond donors (Lipinski definition) is 1. The van der Waals surface area contributed by atoms with Gasteiger partial charge in [0.2, 0.25) is 5.91 Å². The zero-order valence-corrected chi connectivity index (χ0v) is 13.2. The van der Waals surface area contributed by atoms with Crippen LogP contribution in [0.1, 0.15) is 54.9 Å². The van der Waals surface area contributed by atoms with Crippen molar-refractivity contribution in [2.24, 2.45) is 0 Å². The van der Waals surface area contributed by atoms with Crippen LogP contribution >= 0.6 is 0 Å². The molecular weight excluding hydrogens is 244 g/mol. The largest absolute Gasteiger partial charge is 0.366 e. The van der Waals surface area contributed by atoms with E-state index in [9.17, 15) is 10.0 Å². The van der Waals surface area contributed by atoms with Crippen LogP contribution < -0.4 is 5.32 Å². The first-order valence-electron chi connectivity index (χ1n) is 6.77. The van der Waals surface area contributed by atoms with Gasteiger partial charge >= 0.3 is 0 Å². The summed E-state index contributed by atoms with van der Waals surface area (Å²) in [7, 11) is 0. The average molecular weight is 271 g/mol. The highest BCUT2D eigenvalue weighted by Gasteiger charge is 2.52. The number of ether oxygens (including phenoxy) is 1. The maximum atomic E-state index is 12.2. The van der Waals surface area contributed by atoms with E-state index >= 15 is 0 Å². The predicted molar refractivity (Wildman–Crippen MR) is 72.9 cm³/mol. The number of carbonyl (C=O) groups excluding carboxylic acids is 1. The molecule has 1 unspecified atom stereocenters. The van der Waals surface area contributed by atoms with Gasteiger partial charge in [-0.15, -0.1) is 10.3 Å². The fourth-order valence-electron chi connectivity index (χ4n) is 2.50. The van der Waals surface area contributed by atoms with Gasteiger partial charge in [0.15, 0.2) is 0 Å². The van der Waals surface area contributed by atoms with Gasteiger partial charge in [-0.3, -0.25) is 4.79 Å². The molecule has 1 amide bonds. The molecule has 5 heteroatoms. The molecule has 0 spiro atoms. The van der Waals surface area contributed by atoms with Crippen molar-refractivity contribution in [2.45, 2.75) is 77.6 Å². The average Bonchev–Trinajstić information content (AvgIpc) is 2.36. The molecule has 1 fully saturated rings. The second kappa shape index (κ2) is 5.04. The zero-order chi connectivity index (χ0) is 15.1. The maximum Gasteiger partial charge on any atom is 0.246 e. The molecule has 1 heterocycles. The van der Waals surface area contributed by atoms with E-state index < -0.39 is 11.1 Å². The molecule has 1 atom stereocenters. The number of amides is 1. The minimum absolute atomic E-state index is 0.0232. The summed E-state index contributed by atoms with van der Waals surface area (Å²) in [6.07, 6.45) is 0.644. The molecule has 1 aliphatic heterocycles. The highest BCUT2D eigenvalue weighted by molar-refractivity contribution is 5.77. The van der Waals surface area contributed by atoms with Gasteiger partial charge in [-0.1, -0.05) is 0 Å². The Bertz CT molecular complexity index is 345. The molecule has 1 N–H and O–H groups in total. The molecule has 1 radical (unpaired) electrons. The molecule has 19 heavy (non-hydrogen) atoms. The van der Waals surface area contributed by atoms with Crippen LogP contribution in [-0.2, 0) is 14.7 Å². The number of hydrogen-bond acceptors (Lipinski definition) is 3. The fourth-order valence-corrected chi connectivity index (χ4v) is 2.50. The maximum absolute atomic E-state index is 12.2. The van der Waals surface area contributed by atoms with Crippen LogP contribution in [0.2, 0.25) is 0 Å². The number of hydroxylamine groups is 2. The molecule has 0 aromatic rings. The zero-order valence-electron chi connectivity index (χ0n) is 13.2. The number of nitrogens with one attached hydrogen (secondary N) is 1. The van der Waals surface area contributed by atoms with Gasteiger partial charge in [0, 0.05) is 5.54 Å². The summed E-state index contributed by atoms with van der Waals surface area (Å²) >= 11 is 0. The molecule has 1 rings (SSSR count). The molecule has 0 bridgehead atoms. The van der Waals surface area contributed by atoms with Crippen molar-refractivity contribution in [2.75, 3.05) is 6.61 Å². The Morgan fingerprint density at radius 1 is 1.32 bits per heavy atom. The van der Waals surface area contributed by atoms with Crippen LogP contribution in [-0.4, -0.2) is 40.3 Å². The van der Waals surface area contributed by atoms with Crippen LogP contribution in [0, 0.1) is 0 Å². The second-order valence-corrected chi connectivity index (χ2v) is 7.49. The Kier molecular flexibility index (Phi) is 4.35. The number of rotatable bonds is 3. The number of nitrogens with zero attached hydrogens (tertiary/aromatic N) is 1. The summed E-state index contributed by atoms with van der Waals surface area (Å²) in [4.78, 5) is 11.9. The molecule has 0 aromatic carbocycles. The standard InChI is InChI=1S/C14H27N2O3/c1-12(2,3)19-9-11(17)15-10-8-13(4,5)16(18)14(10,6)7/h10H,8-9H2,1-7H3,(H,15,17). The smallest absolute Gasteiger partial charge is 0.246 e. The molecule has 0 saturated carbocycles. The summed E-state index contributed by atoms with van der Waals surface area (Å²) in [5, 5.41) is 16.2. The van der Waals surface area contributed by atoms with E-state index in [-0.39, 0.29) is 24.2 Å². The van der Waals surface area contributed by atoms with E-state index in [1.807, 2.05) is 48.5 Å². The third-order valence-corrected chi connectivity index (χ3v) is 3.60. The van der Waals surface area contributed by atoms with Crippen molar-refractivity contribution in [3.63, 3.8) is 0 Å². The lowest BCUT2D eigenvalue weighted by Gasteiger charge is -2.33. The Labute approximate surface area is 116 Å². The van der Waals surface area contributed by atoms with E-state index in [1.165, 1.54) is 0 Å². The summed E-state index contributed by atoms with van der Waals surface area (Å²) < 4.78 is 5.44. The Balaban J connectivity index is 2.61. The van der Waals surface area contributed by atoms with Crippen LogP contribution in [0.5, 0.6) is 0 Å². The van der Waals surface area contributed by atoms with Crippen molar-refractivity contribution in [3.05, 3.63) is 0 Å². The van der Waals surface area contributed by atoms with Gasteiger partial charge < -0.3 is 10.1 Å². The lowest BCUT2D eigenvalue weighted by Crippen LogP contribution is -2.53. The minimum Gasteiger partial charge on any atom is -0.366 e. The first kappa shape index (κ1) is 16.4. The number of carbonyl (C=O) groups is 1. The van der Waals surface area contributed by atoms with Crippen LogP contribution in [0.25, 0.3) is 0 Å². The minimum atomic E-state index is -0.596. The van der Waals surface area contributed by atoms with Gasteiger partial charge in [0.05, 0.1) is 17.2 Å². The normalized spacial score (nSPS) is 26.4. The summed E-state index contributed by atoms with van der Waals surface area (Å²) in [5.74, 6) is -0.167. The van der Waals surface area contributed by atoms with Crippen molar-refractivity contribution < 1.29 is 14.7 Å². The quantitative estimate of drug-likeness (QED) is 0.852. The van der Waals surface area contributed by atoms with Crippen molar-refractivity contribution in [1.82, 2.24) is 10.4 Å². The third-order valence-electron chi connectivity index (χ3n) is 3.60. The van der Waals surface area contributed by atoms with Gasteiger partial charge in [-0.05, 0) is 54.9 Å². The van der Waals surface area contributed by atoms with Crippen LogP contribution in [0.15, 0.2) is 0 Å². The predicted octanol–water partition coefficient (Wildman–Crippen LogP) is 1.89. The summed E-state index contributed by atoms with van der Waals surface area (Å²) in [6, 6.07) is -0.156. The van der Waals surface area contributed by atoms with Crippen molar-refractivity contribution in [3.8, 4) is 0 Å². The van der Waals surface area contributed by atoms with E-state index in [1.54, 1.807) is 0 Å². The molecule has 1 aliphatic rings. The van der Waals surface area contributed by atoms with E-state index in [4.69, 9.17) is 4.74 Å². The third kappa shape index (κ3) is 3.91. The summed E-state index contributed by atoms with van der Waals surface area (Å²) in [5.41, 5.74) is -1.39. The Morgan fingerprint density at radius 2 is 1.84 bits per heavy atom. The molecule has 0 aliphatic carbocycles. The first-order chi connectivity index (χ1) is 8.36. The lowest BCUT2D eigenvalue weighted by molar-refractivity contribution is -0.246. The van der Waals surface area contributed by atoms with Crippen molar-refractivity contribution in [1.29, 1.82) is 0 Å². The van der Waals surface area contributed by atoms with Gasteiger partial charge in [-0.25, -0.2) is 0 Å². The van der Waals surface area contributed by atoms with E-state index in [2.05, 4.69) is 5.32 Å². The van der Waals surface area contributed by atoms with Crippen molar-refractivity contribution >= 4 is 5.91 Å². The van der Waals surface area contributed by atoms with Gasteiger partial charge in [0.1, 0.15) is 6.61 Å². The van der Waals surface area contributed by atoms with Crippen LogP contribution in [0.4, 0.5) is 0 Å². The molecule has 0 aromatic heterocycles. The van der Waals surface area contributed by atoms with Crippen LogP contribution in [0.3, 0.4) is 0 Å². The SMILES string of the molecule is CC(C)(C)OCC(=O)NC1CC(C)(C)N([O])C1(C)C. The molecule has 1 saturated heterocycles. The Morgan fingerprint density at radius 3 is 2.21 bits per heavy atom. The lowest BCUT2D eigenvalue weighted by atomic mass is 9.94. The fraction of sp³-hybridized carbons (Fsp3) is 0.929. The topological polar surface area (TPSA) is 61.5 Å². The van der Waals surface area contributed by atoms with Gasteiger partial charge in [-0.2, -0.15) is 0 Å². The first-order valence-corrected chi connectivity index (χ1v) is 6.77. The molecule has 5 nitrogen and oxygen atoms in total. The highest BCUT2D eigenvalue weighted by Crippen LogP contribution is 2.39. The van der Waals surface area contributed by atoms with Gasteiger partial charge in [0.25, 0.3) is 0 Å². The van der Waals surface area contributed by atoms with E-state index in [0.29, 0.717) is 6.42 Å². The summed E-state index contributed by atoms with van der Waals surface area (Å²) in [6.45, 7) is 13.3.